The molecule has 25 heavy (non-hydrogen) atoms. The van der Waals surface area contributed by atoms with E-state index < -0.39 is 0 Å². The fourth-order valence-corrected chi connectivity index (χ4v) is 4.57. The first-order valence-electron chi connectivity index (χ1n) is 9.37. The van der Waals surface area contributed by atoms with Crippen LogP contribution >= 0.6 is 0 Å². The molecule has 132 valence electrons. The maximum absolute atomic E-state index is 13.0. The van der Waals surface area contributed by atoms with Crippen LogP contribution in [0.15, 0.2) is 24.3 Å². The van der Waals surface area contributed by atoms with Gasteiger partial charge in [0.1, 0.15) is 0 Å². The largest absolute Gasteiger partial charge is 0.381 e. The van der Waals surface area contributed by atoms with Gasteiger partial charge in [0.05, 0.1) is 11.6 Å². The SMILES string of the molecule is N#Cc1ccc(C(=O)N2C[C@H]3CC[C@@H]2CN(C2CCOCC2)C3)cc1. The minimum absolute atomic E-state index is 0.119. The number of amides is 1. The van der Waals surface area contributed by atoms with Gasteiger partial charge in [-0.25, -0.2) is 0 Å². The molecule has 4 aliphatic heterocycles. The number of piperidine rings is 1. The normalized spacial score (nSPS) is 27.7. The number of rotatable bonds is 2. The summed E-state index contributed by atoms with van der Waals surface area (Å²) in [6.45, 7) is 4.69. The maximum Gasteiger partial charge on any atom is 0.254 e. The molecule has 1 aromatic rings. The molecule has 0 unspecified atom stereocenters. The molecule has 0 aromatic heterocycles. The molecule has 4 heterocycles. The second-order valence-corrected chi connectivity index (χ2v) is 7.54. The van der Waals surface area contributed by atoms with Crippen molar-refractivity contribution in [2.45, 2.75) is 37.8 Å². The summed E-state index contributed by atoms with van der Waals surface area (Å²) in [5.74, 6) is 0.692. The van der Waals surface area contributed by atoms with Gasteiger partial charge < -0.3 is 9.64 Å². The molecule has 0 N–H and O–H groups in total. The predicted molar refractivity (Wildman–Crippen MR) is 94.1 cm³/mol. The van der Waals surface area contributed by atoms with Gasteiger partial charge in [0.25, 0.3) is 5.91 Å². The highest BCUT2D eigenvalue weighted by Crippen LogP contribution is 2.31. The molecule has 4 aliphatic rings. The van der Waals surface area contributed by atoms with E-state index in [0.29, 0.717) is 29.1 Å². The second-order valence-electron chi connectivity index (χ2n) is 7.54. The molecular formula is C20H25N3O2. The summed E-state index contributed by atoms with van der Waals surface area (Å²) in [5, 5.41) is 8.93. The monoisotopic (exact) mass is 339 g/mol. The molecule has 2 bridgehead atoms. The summed E-state index contributed by atoms with van der Waals surface area (Å²) in [6, 6.07) is 10.1. The summed E-state index contributed by atoms with van der Waals surface area (Å²) < 4.78 is 5.51. The van der Waals surface area contributed by atoms with Crippen LogP contribution in [0.2, 0.25) is 0 Å². The van der Waals surface area contributed by atoms with Crippen LogP contribution in [0.3, 0.4) is 0 Å². The Hall–Kier alpha value is -1.90. The number of nitrogens with zero attached hydrogens (tertiary/aromatic N) is 3. The Bertz CT molecular complexity index is 661. The van der Waals surface area contributed by atoms with Crippen molar-refractivity contribution >= 4 is 5.91 Å². The first kappa shape index (κ1) is 16.6. The summed E-state index contributed by atoms with van der Waals surface area (Å²) in [6.07, 6.45) is 4.56. The van der Waals surface area contributed by atoms with Crippen LogP contribution in [0.5, 0.6) is 0 Å². The van der Waals surface area contributed by atoms with Gasteiger partial charge in [-0.15, -0.1) is 0 Å². The zero-order valence-corrected chi connectivity index (χ0v) is 14.6. The van der Waals surface area contributed by atoms with Gasteiger partial charge in [-0.05, 0) is 55.9 Å². The molecule has 0 aliphatic carbocycles. The Labute approximate surface area is 149 Å². The van der Waals surface area contributed by atoms with E-state index in [2.05, 4.69) is 15.9 Å². The van der Waals surface area contributed by atoms with E-state index in [4.69, 9.17) is 10.00 Å². The van der Waals surface area contributed by atoms with E-state index >= 15 is 0 Å². The molecule has 0 radical (unpaired) electrons. The molecule has 0 saturated carbocycles. The molecule has 0 spiro atoms. The minimum atomic E-state index is 0.119. The third-order valence-electron chi connectivity index (χ3n) is 5.97. The van der Waals surface area contributed by atoms with Crippen molar-refractivity contribution in [2.75, 3.05) is 32.8 Å². The molecule has 4 fully saturated rings. The lowest BCUT2D eigenvalue weighted by atomic mass is 9.94. The smallest absolute Gasteiger partial charge is 0.254 e. The Balaban J connectivity index is 1.49. The summed E-state index contributed by atoms with van der Waals surface area (Å²) in [4.78, 5) is 17.7. The lowest BCUT2D eigenvalue weighted by Gasteiger charge is -2.37. The van der Waals surface area contributed by atoms with E-state index in [1.807, 2.05) is 0 Å². The van der Waals surface area contributed by atoms with Crippen LogP contribution in [-0.2, 0) is 4.74 Å². The molecule has 5 rings (SSSR count). The van der Waals surface area contributed by atoms with Crippen molar-refractivity contribution in [2.24, 2.45) is 5.92 Å². The lowest BCUT2D eigenvalue weighted by Crippen LogP contribution is -2.48. The Kier molecular flexibility index (Phi) is 4.74. The average Bonchev–Trinajstić information content (AvgIpc) is 3.00. The molecule has 5 nitrogen and oxygen atoms in total. The van der Waals surface area contributed by atoms with E-state index in [0.717, 1.165) is 52.1 Å². The quantitative estimate of drug-likeness (QED) is 0.829. The Morgan fingerprint density at radius 3 is 2.48 bits per heavy atom. The third-order valence-corrected chi connectivity index (χ3v) is 5.97. The van der Waals surface area contributed by atoms with Crippen molar-refractivity contribution in [1.82, 2.24) is 9.80 Å². The van der Waals surface area contributed by atoms with Crippen LogP contribution in [-0.4, -0.2) is 60.6 Å². The van der Waals surface area contributed by atoms with Gasteiger partial charge in [-0.3, -0.25) is 9.69 Å². The summed E-state index contributed by atoms with van der Waals surface area (Å²) in [7, 11) is 0. The molecule has 2 atom stereocenters. The van der Waals surface area contributed by atoms with Crippen LogP contribution in [0, 0.1) is 17.2 Å². The van der Waals surface area contributed by atoms with E-state index in [1.165, 1.54) is 6.42 Å². The van der Waals surface area contributed by atoms with Gasteiger partial charge >= 0.3 is 0 Å². The number of hydrogen-bond acceptors (Lipinski definition) is 4. The fraction of sp³-hybridized carbons (Fsp3) is 0.600. The number of fused-ring (bicyclic) bond motifs is 4. The Morgan fingerprint density at radius 1 is 1.00 bits per heavy atom. The third kappa shape index (κ3) is 3.42. The van der Waals surface area contributed by atoms with Crippen molar-refractivity contribution in [3.63, 3.8) is 0 Å². The number of benzene rings is 1. The molecule has 1 aromatic carbocycles. The van der Waals surface area contributed by atoms with Crippen LogP contribution in [0.4, 0.5) is 0 Å². The summed E-state index contributed by atoms with van der Waals surface area (Å²) >= 11 is 0. The lowest BCUT2D eigenvalue weighted by molar-refractivity contribution is 0.0304. The van der Waals surface area contributed by atoms with Crippen molar-refractivity contribution < 1.29 is 9.53 Å². The standard InChI is InChI=1S/C20H25N3O2/c21-11-15-1-4-17(5-2-15)20(24)23-13-16-3-6-19(23)14-22(12-16)18-7-9-25-10-8-18/h1-2,4-5,16,18-19H,3,6-10,12-14H2/t16-,19+/m0/s1. The molecule has 4 saturated heterocycles. The van der Waals surface area contributed by atoms with E-state index in [9.17, 15) is 4.79 Å². The van der Waals surface area contributed by atoms with Crippen molar-refractivity contribution in [3.8, 4) is 6.07 Å². The molecule has 5 heteroatoms. The van der Waals surface area contributed by atoms with Gasteiger partial charge in [-0.2, -0.15) is 5.26 Å². The van der Waals surface area contributed by atoms with Crippen molar-refractivity contribution in [1.29, 1.82) is 5.26 Å². The Morgan fingerprint density at radius 2 is 1.76 bits per heavy atom. The molecule has 1 amide bonds. The van der Waals surface area contributed by atoms with Gasteiger partial charge in [-0.1, -0.05) is 0 Å². The van der Waals surface area contributed by atoms with Crippen molar-refractivity contribution in [3.05, 3.63) is 35.4 Å². The minimum Gasteiger partial charge on any atom is -0.381 e. The number of hydrogen-bond donors (Lipinski definition) is 0. The number of nitriles is 1. The van der Waals surface area contributed by atoms with Gasteiger partial charge in [0.2, 0.25) is 0 Å². The maximum atomic E-state index is 13.0. The highest BCUT2D eigenvalue weighted by atomic mass is 16.5. The van der Waals surface area contributed by atoms with Gasteiger partial charge in [0, 0.05) is 50.5 Å². The zero-order valence-electron chi connectivity index (χ0n) is 14.6. The first-order chi connectivity index (χ1) is 12.2. The zero-order chi connectivity index (χ0) is 17.2. The molecular weight excluding hydrogens is 314 g/mol. The van der Waals surface area contributed by atoms with Crippen LogP contribution < -0.4 is 0 Å². The number of ether oxygens (including phenoxy) is 1. The number of carbonyl (C=O) groups excluding carboxylic acids is 1. The van der Waals surface area contributed by atoms with Gasteiger partial charge in [0.15, 0.2) is 0 Å². The highest BCUT2D eigenvalue weighted by molar-refractivity contribution is 5.94. The second kappa shape index (κ2) is 7.15. The number of carbonyl (C=O) groups is 1. The highest BCUT2D eigenvalue weighted by Gasteiger charge is 2.39. The average molecular weight is 339 g/mol. The van der Waals surface area contributed by atoms with E-state index in [-0.39, 0.29) is 5.91 Å². The topological polar surface area (TPSA) is 56.6 Å². The predicted octanol–water partition coefficient (Wildman–Crippen LogP) is 2.27. The van der Waals surface area contributed by atoms with Crippen LogP contribution in [0.25, 0.3) is 0 Å². The fourth-order valence-electron chi connectivity index (χ4n) is 4.57. The summed E-state index contributed by atoms with van der Waals surface area (Å²) in [5.41, 5.74) is 1.30. The first-order valence-corrected chi connectivity index (χ1v) is 9.37. The van der Waals surface area contributed by atoms with Crippen LogP contribution in [0.1, 0.15) is 41.6 Å². The van der Waals surface area contributed by atoms with E-state index in [1.54, 1.807) is 24.3 Å².